The summed E-state index contributed by atoms with van der Waals surface area (Å²) in [5.41, 5.74) is 3.95. The zero-order valence-electron chi connectivity index (χ0n) is 18.3. The van der Waals surface area contributed by atoms with Crippen LogP contribution in [0.4, 0.5) is 5.69 Å². The first-order chi connectivity index (χ1) is 16.6. The second-order valence-corrected chi connectivity index (χ2v) is 8.24. The zero-order chi connectivity index (χ0) is 23.7. The molecule has 2 aromatic heterocycles. The van der Waals surface area contributed by atoms with Crippen LogP contribution >= 0.6 is 12.2 Å². The molecular formula is C26H22N4O3S. The monoisotopic (exact) mass is 470 g/mol. The number of carbonyl (C=O) groups excluding carboxylic acids is 1. The lowest BCUT2D eigenvalue weighted by atomic mass is 10.0. The average Bonchev–Trinajstić information content (AvgIpc) is 3.49. The summed E-state index contributed by atoms with van der Waals surface area (Å²) in [6.45, 7) is 0. The number of pyridine rings is 1. The maximum absolute atomic E-state index is 12.1. The highest BCUT2D eigenvalue weighted by atomic mass is 32.1. The summed E-state index contributed by atoms with van der Waals surface area (Å²) in [5.74, 6) is -0.209. The van der Waals surface area contributed by atoms with Gasteiger partial charge in [-0.15, -0.1) is 0 Å². The molecule has 0 amide bonds. The number of nitrogens with one attached hydrogen (secondary N) is 1. The molecule has 1 saturated heterocycles. The minimum absolute atomic E-state index is 0.183. The van der Waals surface area contributed by atoms with Gasteiger partial charge in [-0.05, 0) is 78.9 Å². The highest BCUT2D eigenvalue weighted by Gasteiger charge is 2.42. The summed E-state index contributed by atoms with van der Waals surface area (Å²) < 4.78 is 6.94. The van der Waals surface area contributed by atoms with Crippen LogP contribution in [-0.2, 0) is 4.74 Å². The molecule has 4 aromatic rings. The number of esters is 1. The Morgan fingerprint density at radius 1 is 1.03 bits per heavy atom. The van der Waals surface area contributed by atoms with E-state index in [2.05, 4.69) is 10.3 Å². The number of aromatic nitrogens is 2. The molecule has 0 aliphatic carbocycles. The second-order valence-electron chi connectivity index (χ2n) is 7.86. The topological polar surface area (TPSA) is 79.6 Å². The van der Waals surface area contributed by atoms with Crippen molar-refractivity contribution in [2.75, 3.05) is 12.0 Å². The molecule has 0 spiro atoms. The molecule has 0 unspecified atom stereocenters. The Labute approximate surface area is 202 Å². The van der Waals surface area contributed by atoms with Crippen molar-refractivity contribution in [2.24, 2.45) is 0 Å². The predicted molar refractivity (Wildman–Crippen MR) is 133 cm³/mol. The number of thiocarbonyl (C=S) groups is 1. The fourth-order valence-electron chi connectivity index (χ4n) is 4.32. The van der Waals surface area contributed by atoms with Crippen molar-refractivity contribution in [3.8, 4) is 11.4 Å². The predicted octanol–water partition coefficient (Wildman–Crippen LogP) is 4.54. The summed E-state index contributed by atoms with van der Waals surface area (Å²) in [6, 6.07) is 23.6. The van der Waals surface area contributed by atoms with Crippen LogP contribution in [0.1, 0.15) is 33.8 Å². The van der Waals surface area contributed by atoms with Gasteiger partial charge < -0.3 is 24.6 Å². The summed E-state index contributed by atoms with van der Waals surface area (Å²) in [5, 5.41) is 13.8. The molecule has 0 saturated carbocycles. The van der Waals surface area contributed by atoms with Gasteiger partial charge in [0.15, 0.2) is 5.11 Å². The van der Waals surface area contributed by atoms with E-state index >= 15 is 0 Å². The number of rotatable bonds is 5. The smallest absolute Gasteiger partial charge is 0.337 e. The highest BCUT2D eigenvalue weighted by Crippen LogP contribution is 2.42. The molecule has 1 fully saturated rings. The van der Waals surface area contributed by atoms with Gasteiger partial charge in [0.05, 0.1) is 24.4 Å². The number of aromatic hydroxyl groups is 1. The van der Waals surface area contributed by atoms with E-state index in [4.69, 9.17) is 17.0 Å². The van der Waals surface area contributed by atoms with Crippen molar-refractivity contribution in [3.63, 3.8) is 0 Å². The number of hydrogen-bond acceptors (Lipinski definition) is 5. The molecule has 5 rings (SSSR count). The summed E-state index contributed by atoms with van der Waals surface area (Å²) in [4.78, 5) is 18.7. The number of methoxy groups -OCH3 is 1. The summed E-state index contributed by atoms with van der Waals surface area (Å²) >= 11 is 5.77. The van der Waals surface area contributed by atoms with E-state index in [1.807, 2.05) is 70.3 Å². The van der Waals surface area contributed by atoms with E-state index in [0.29, 0.717) is 10.7 Å². The van der Waals surface area contributed by atoms with Gasteiger partial charge in [0.1, 0.15) is 11.8 Å². The first-order valence-electron chi connectivity index (χ1n) is 10.7. The van der Waals surface area contributed by atoms with Gasteiger partial charge in [-0.25, -0.2) is 4.79 Å². The summed E-state index contributed by atoms with van der Waals surface area (Å²) in [7, 11) is 1.37. The molecule has 2 aromatic carbocycles. The molecule has 0 radical (unpaired) electrons. The number of phenolic OH excluding ortho intramolecular Hbond substituents is 1. The van der Waals surface area contributed by atoms with Crippen molar-refractivity contribution in [3.05, 3.63) is 108 Å². The Morgan fingerprint density at radius 3 is 2.59 bits per heavy atom. The quantitative estimate of drug-likeness (QED) is 0.327. The van der Waals surface area contributed by atoms with Gasteiger partial charge in [0.25, 0.3) is 0 Å². The molecule has 170 valence electrons. The Kier molecular flexibility index (Phi) is 5.73. The largest absolute Gasteiger partial charge is 0.508 e. The van der Waals surface area contributed by atoms with Crippen LogP contribution in [0, 0.1) is 0 Å². The van der Waals surface area contributed by atoms with Crippen LogP contribution in [0.15, 0.2) is 91.3 Å². The van der Waals surface area contributed by atoms with E-state index in [1.54, 1.807) is 30.5 Å². The van der Waals surface area contributed by atoms with Crippen LogP contribution in [0.3, 0.4) is 0 Å². The number of carbonyl (C=O) groups is 1. The van der Waals surface area contributed by atoms with E-state index in [1.165, 1.54) is 7.11 Å². The molecule has 1 aliphatic rings. The average molecular weight is 471 g/mol. The van der Waals surface area contributed by atoms with E-state index < -0.39 is 5.97 Å². The van der Waals surface area contributed by atoms with Crippen LogP contribution in [0.5, 0.6) is 5.75 Å². The van der Waals surface area contributed by atoms with Crippen molar-refractivity contribution in [1.82, 2.24) is 14.9 Å². The number of anilines is 1. The number of phenols is 1. The van der Waals surface area contributed by atoms with Crippen LogP contribution in [0.25, 0.3) is 5.69 Å². The number of nitrogens with zero attached hydrogens (tertiary/aromatic N) is 3. The van der Waals surface area contributed by atoms with Gasteiger partial charge in [0, 0.05) is 29.5 Å². The molecule has 7 nitrogen and oxygen atoms in total. The van der Waals surface area contributed by atoms with E-state index in [9.17, 15) is 9.90 Å². The fourth-order valence-corrected chi connectivity index (χ4v) is 4.66. The van der Waals surface area contributed by atoms with Crippen molar-refractivity contribution >= 4 is 29.0 Å². The maximum atomic E-state index is 12.1. The lowest BCUT2D eigenvalue weighted by molar-refractivity contribution is 0.0600. The lowest BCUT2D eigenvalue weighted by Gasteiger charge is -2.29. The van der Waals surface area contributed by atoms with Gasteiger partial charge in [-0.1, -0.05) is 12.1 Å². The summed E-state index contributed by atoms with van der Waals surface area (Å²) in [6.07, 6.45) is 3.72. The van der Waals surface area contributed by atoms with Gasteiger partial charge in [-0.2, -0.15) is 0 Å². The zero-order valence-corrected chi connectivity index (χ0v) is 19.1. The normalized spacial score (nSPS) is 17.4. The third kappa shape index (κ3) is 3.88. The molecule has 2 N–H and O–H groups in total. The molecule has 2 atom stereocenters. The second kappa shape index (κ2) is 8.99. The van der Waals surface area contributed by atoms with Crippen LogP contribution in [-0.4, -0.2) is 32.8 Å². The molecule has 3 heterocycles. The third-order valence-electron chi connectivity index (χ3n) is 5.85. The Hall–Kier alpha value is -4.17. The number of ether oxygens (including phenoxy) is 1. The van der Waals surface area contributed by atoms with Crippen molar-refractivity contribution in [1.29, 1.82) is 0 Å². The Balaban J connectivity index is 1.65. The van der Waals surface area contributed by atoms with E-state index in [0.717, 1.165) is 22.8 Å². The van der Waals surface area contributed by atoms with Crippen LogP contribution in [0.2, 0.25) is 0 Å². The SMILES string of the molecule is COC(=O)c1cccc(-n2cccc2[C@H]2[C@@H](c3ccccn3)NC(=S)N2c2ccc(O)cc2)c1. The number of hydrogen-bond donors (Lipinski definition) is 2. The highest BCUT2D eigenvalue weighted by molar-refractivity contribution is 7.80. The van der Waals surface area contributed by atoms with Gasteiger partial charge >= 0.3 is 5.97 Å². The minimum atomic E-state index is -0.392. The van der Waals surface area contributed by atoms with Gasteiger partial charge in [-0.3, -0.25) is 4.98 Å². The fraction of sp³-hybridized carbons (Fsp3) is 0.115. The maximum Gasteiger partial charge on any atom is 0.337 e. The van der Waals surface area contributed by atoms with Gasteiger partial charge in [0.2, 0.25) is 0 Å². The third-order valence-corrected chi connectivity index (χ3v) is 6.17. The molecule has 34 heavy (non-hydrogen) atoms. The van der Waals surface area contributed by atoms with Crippen LogP contribution < -0.4 is 10.2 Å². The molecule has 8 heteroatoms. The van der Waals surface area contributed by atoms with E-state index in [-0.39, 0.29) is 17.8 Å². The van der Waals surface area contributed by atoms with Crippen molar-refractivity contribution < 1.29 is 14.6 Å². The van der Waals surface area contributed by atoms with Crippen molar-refractivity contribution in [2.45, 2.75) is 12.1 Å². The molecule has 0 bridgehead atoms. The molecular weight excluding hydrogens is 448 g/mol. The first kappa shape index (κ1) is 21.7. The Morgan fingerprint density at radius 2 is 1.85 bits per heavy atom. The minimum Gasteiger partial charge on any atom is -0.508 e. The Bertz CT molecular complexity index is 1340. The standard InChI is InChI=1S/C26H22N4O3S/c1-33-25(32)17-6-4-7-19(16-17)29-15-5-9-22(29)24-23(21-8-2-3-14-27-21)28-26(34)30(24)18-10-12-20(31)13-11-18/h2-16,23-24,31H,1H3,(H,28,34)/t23-,24+/m1/s1. The number of benzene rings is 2. The first-order valence-corrected chi connectivity index (χ1v) is 11.1. The lowest BCUT2D eigenvalue weighted by Crippen LogP contribution is -2.30. The molecule has 1 aliphatic heterocycles.